The fourth-order valence-electron chi connectivity index (χ4n) is 4.73. The molecule has 6 aromatic rings. The molecular weight excluding hydrogens is 661 g/mol. The second kappa shape index (κ2) is 15.6. The highest BCUT2D eigenvalue weighted by atomic mass is 32.2. The molecule has 48 heavy (non-hydrogen) atoms. The first-order valence-electron chi connectivity index (χ1n) is 15.0. The van der Waals surface area contributed by atoms with E-state index in [9.17, 15) is 14.4 Å². The molecule has 4 aromatic carbocycles. The molecule has 0 aliphatic carbocycles. The normalized spacial score (nSPS) is 11.9. The van der Waals surface area contributed by atoms with Crippen molar-refractivity contribution in [1.29, 1.82) is 0 Å². The second-order valence-corrected chi connectivity index (χ2v) is 13.5. The van der Waals surface area contributed by atoms with Gasteiger partial charge >= 0.3 is 0 Å². The van der Waals surface area contributed by atoms with Gasteiger partial charge in [0.25, 0.3) is 11.8 Å². The molecular formula is C37H30N4O4S3. The van der Waals surface area contributed by atoms with E-state index in [4.69, 9.17) is 4.74 Å². The van der Waals surface area contributed by atoms with Gasteiger partial charge in [-0.15, -0.1) is 23.1 Å². The van der Waals surface area contributed by atoms with Crippen LogP contribution >= 0.6 is 34.4 Å². The SMILES string of the molecule is CCOc1ccc2nc(NC(=O)C(Sc3cccc(NC(=O)/C(=C/c4cccs4)NC(=O)c4ccccc4)c3)c3ccccc3)sc2c1. The van der Waals surface area contributed by atoms with Gasteiger partial charge in [0.1, 0.15) is 16.7 Å². The standard InChI is InChI=1S/C37H30N4O4S3/c1-2-45-27-18-19-30-32(22-27)48-37(40-30)41-36(44)33(24-11-5-3-6-12-24)47-29-16-9-15-26(21-29)38-35(43)31(23-28-17-10-20-46-28)39-34(42)25-13-7-4-8-14-25/h3-23,33H,2H2,1H3,(H,38,43)(H,39,42)(H,40,41,44)/b31-23-. The Kier molecular flexibility index (Phi) is 10.6. The van der Waals surface area contributed by atoms with E-state index in [2.05, 4.69) is 20.9 Å². The van der Waals surface area contributed by atoms with E-state index in [0.29, 0.717) is 23.0 Å². The van der Waals surface area contributed by atoms with Gasteiger partial charge in [0.2, 0.25) is 5.91 Å². The lowest BCUT2D eigenvalue weighted by molar-refractivity contribution is -0.116. The van der Waals surface area contributed by atoms with E-state index in [0.717, 1.165) is 31.3 Å². The molecule has 240 valence electrons. The maximum Gasteiger partial charge on any atom is 0.272 e. The van der Waals surface area contributed by atoms with Crippen LogP contribution in [-0.4, -0.2) is 29.3 Å². The molecule has 3 N–H and O–H groups in total. The van der Waals surface area contributed by atoms with Crippen molar-refractivity contribution in [3.63, 3.8) is 0 Å². The number of nitrogens with one attached hydrogen (secondary N) is 3. The Morgan fingerprint density at radius 3 is 2.42 bits per heavy atom. The van der Waals surface area contributed by atoms with Crippen LogP contribution in [0.2, 0.25) is 0 Å². The zero-order chi connectivity index (χ0) is 33.3. The number of benzene rings is 4. The van der Waals surface area contributed by atoms with Gasteiger partial charge in [-0.3, -0.25) is 14.4 Å². The minimum Gasteiger partial charge on any atom is -0.494 e. The van der Waals surface area contributed by atoms with Gasteiger partial charge in [0.15, 0.2) is 5.13 Å². The zero-order valence-electron chi connectivity index (χ0n) is 25.7. The van der Waals surface area contributed by atoms with Crippen molar-refractivity contribution in [1.82, 2.24) is 10.3 Å². The van der Waals surface area contributed by atoms with E-state index < -0.39 is 17.1 Å². The minimum absolute atomic E-state index is 0.107. The van der Waals surface area contributed by atoms with Gasteiger partial charge in [0, 0.05) is 21.0 Å². The monoisotopic (exact) mass is 690 g/mol. The molecule has 3 amide bonds. The summed E-state index contributed by atoms with van der Waals surface area (Å²) in [5, 5.41) is 10.5. The summed E-state index contributed by atoms with van der Waals surface area (Å²) in [7, 11) is 0. The third kappa shape index (κ3) is 8.37. The molecule has 11 heteroatoms. The number of amides is 3. The van der Waals surface area contributed by atoms with Gasteiger partial charge < -0.3 is 20.7 Å². The molecule has 0 fully saturated rings. The largest absolute Gasteiger partial charge is 0.494 e. The summed E-state index contributed by atoms with van der Waals surface area (Å²) in [5.41, 5.74) is 2.65. The van der Waals surface area contributed by atoms with E-state index in [-0.39, 0.29) is 11.6 Å². The predicted molar refractivity (Wildman–Crippen MR) is 196 cm³/mol. The molecule has 1 atom stereocenters. The molecule has 0 saturated carbocycles. The summed E-state index contributed by atoms with van der Waals surface area (Å²) in [6, 6.07) is 34.9. The van der Waals surface area contributed by atoms with Crippen LogP contribution in [0.15, 0.2) is 131 Å². The number of carbonyl (C=O) groups is 3. The number of hydrogen-bond donors (Lipinski definition) is 3. The van der Waals surface area contributed by atoms with Gasteiger partial charge in [-0.25, -0.2) is 4.98 Å². The Morgan fingerprint density at radius 1 is 0.875 bits per heavy atom. The topological polar surface area (TPSA) is 109 Å². The average molecular weight is 691 g/mol. The number of rotatable bonds is 12. The Bertz CT molecular complexity index is 2060. The van der Waals surface area contributed by atoms with E-state index in [1.54, 1.807) is 42.5 Å². The van der Waals surface area contributed by atoms with Crippen molar-refractivity contribution in [3.05, 3.63) is 142 Å². The third-order valence-corrected chi connectivity index (χ3v) is 9.95. The highest BCUT2D eigenvalue weighted by Crippen LogP contribution is 2.38. The molecule has 0 saturated heterocycles. The molecule has 0 radical (unpaired) electrons. The Balaban J connectivity index is 1.20. The van der Waals surface area contributed by atoms with Crippen molar-refractivity contribution in [2.75, 3.05) is 17.2 Å². The van der Waals surface area contributed by atoms with E-state index >= 15 is 0 Å². The zero-order valence-corrected chi connectivity index (χ0v) is 28.2. The lowest BCUT2D eigenvalue weighted by atomic mass is 10.1. The van der Waals surface area contributed by atoms with Crippen molar-refractivity contribution >= 4 is 79.3 Å². The van der Waals surface area contributed by atoms with Gasteiger partial charge in [0.05, 0.1) is 16.8 Å². The highest BCUT2D eigenvalue weighted by Gasteiger charge is 2.24. The smallest absolute Gasteiger partial charge is 0.272 e. The van der Waals surface area contributed by atoms with Gasteiger partial charge in [-0.05, 0) is 78.5 Å². The summed E-state index contributed by atoms with van der Waals surface area (Å²) in [5.74, 6) is -0.341. The van der Waals surface area contributed by atoms with E-state index in [1.165, 1.54) is 34.4 Å². The molecule has 0 bridgehead atoms. The van der Waals surface area contributed by atoms with Crippen LogP contribution in [0.1, 0.15) is 33.0 Å². The molecule has 2 heterocycles. The fourth-order valence-corrected chi connectivity index (χ4v) is 7.36. The van der Waals surface area contributed by atoms with Crippen LogP contribution in [-0.2, 0) is 9.59 Å². The number of aromatic nitrogens is 1. The first-order chi connectivity index (χ1) is 23.4. The summed E-state index contributed by atoms with van der Waals surface area (Å²) >= 11 is 4.20. The predicted octanol–water partition coefficient (Wildman–Crippen LogP) is 8.64. The first-order valence-corrected chi connectivity index (χ1v) is 17.6. The third-order valence-electron chi connectivity index (χ3n) is 6.95. The highest BCUT2D eigenvalue weighted by molar-refractivity contribution is 8.00. The van der Waals surface area contributed by atoms with Gasteiger partial charge in [-0.2, -0.15) is 0 Å². The number of anilines is 2. The first kappa shape index (κ1) is 32.7. The molecule has 8 nitrogen and oxygen atoms in total. The second-order valence-electron chi connectivity index (χ2n) is 10.4. The van der Waals surface area contributed by atoms with Crippen molar-refractivity contribution in [2.45, 2.75) is 17.1 Å². The summed E-state index contributed by atoms with van der Waals surface area (Å²) in [6.45, 7) is 2.49. The molecule has 6 rings (SSSR count). The van der Waals surface area contributed by atoms with Crippen LogP contribution in [0, 0.1) is 0 Å². The van der Waals surface area contributed by atoms with Gasteiger partial charge in [-0.1, -0.05) is 72.0 Å². The van der Waals surface area contributed by atoms with Crippen molar-refractivity contribution < 1.29 is 19.1 Å². The van der Waals surface area contributed by atoms with E-state index in [1.807, 2.05) is 91.2 Å². The molecule has 0 aliphatic heterocycles. The van der Waals surface area contributed by atoms with Crippen LogP contribution in [0.3, 0.4) is 0 Å². The van der Waals surface area contributed by atoms with Crippen molar-refractivity contribution in [2.24, 2.45) is 0 Å². The molecule has 1 unspecified atom stereocenters. The quantitative estimate of drug-likeness (QED) is 0.0876. The fraction of sp³-hybridized carbons (Fsp3) is 0.0811. The summed E-state index contributed by atoms with van der Waals surface area (Å²) in [4.78, 5) is 46.5. The number of fused-ring (bicyclic) bond motifs is 1. The number of nitrogens with zero attached hydrogens (tertiary/aromatic N) is 1. The minimum atomic E-state index is -0.609. The number of ether oxygens (including phenoxy) is 1. The molecule has 0 spiro atoms. The number of thioether (sulfide) groups is 1. The average Bonchev–Trinajstić information content (AvgIpc) is 3.77. The number of thiophene rings is 1. The summed E-state index contributed by atoms with van der Waals surface area (Å²) in [6.07, 6.45) is 1.65. The summed E-state index contributed by atoms with van der Waals surface area (Å²) < 4.78 is 6.53. The Hall–Kier alpha value is -5.23. The van der Waals surface area contributed by atoms with Crippen LogP contribution in [0.4, 0.5) is 10.8 Å². The lowest BCUT2D eigenvalue weighted by Crippen LogP contribution is -2.30. The van der Waals surface area contributed by atoms with Crippen molar-refractivity contribution in [3.8, 4) is 5.75 Å². The Morgan fingerprint density at radius 2 is 1.67 bits per heavy atom. The number of thiazole rings is 1. The number of carbonyl (C=O) groups excluding carboxylic acids is 3. The maximum absolute atomic E-state index is 13.8. The lowest BCUT2D eigenvalue weighted by Gasteiger charge is -2.17. The Labute approximate surface area is 289 Å². The van der Waals surface area contributed by atoms with Crippen LogP contribution in [0.5, 0.6) is 5.75 Å². The van der Waals surface area contributed by atoms with Crippen LogP contribution < -0.4 is 20.7 Å². The maximum atomic E-state index is 13.8. The molecule has 0 aliphatic rings. The number of hydrogen-bond acceptors (Lipinski definition) is 8. The van der Waals surface area contributed by atoms with Crippen LogP contribution in [0.25, 0.3) is 16.3 Å². The molecule has 2 aromatic heterocycles.